The zero-order chi connectivity index (χ0) is 13.1. The van der Waals surface area contributed by atoms with Crippen molar-refractivity contribution in [1.29, 1.82) is 0 Å². The second kappa shape index (κ2) is 5.93. The fourth-order valence-electron chi connectivity index (χ4n) is 3.18. The summed E-state index contributed by atoms with van der Waals surface area (Å²) < 4.78 is 6.06. The van der Waals surface area contributed by atoms with Crippen molar-refractivity contribution < 1.29 is 4.74 Å². The molecular weight excluding hydrogens is 236 g/mol. The van der Waals surface area contributed by atoms with Crippen molar-refractivity contribution >= 4 is 0 Å². The lowest BCUT2D eigenvalue weighted by Crippen LogP contribution is -2.43. The molecule has 0 aromatic heterocycles. The molecular formula is C16H24N2O. The molecule has 1 fully saturated rings. The van der Waals surface area contributed by atoms with Crippen molar-refractivity contribution in [3.63, 3.8) is 0 Å². The molecule has 3 rings (SSSR count). The van der Waals surface area contributed by atoms with Crippen LogP contribution >= 0.6 is 0 Å². The van der Waals surface area contributed by atoms with Gasteiger partial charge in [-0.1, -0.05) is 25.1 Å². The van der Waals surface area contributed by atoms with Crippen molar-refractivity contribution in [2.75, 3.05) is 32.7 Å². The van der Waals surface area contributed by atoms with Gasteiger partial charge in [0.2, 0.25) is 0 Å². The molecule has 1 saturated heterocycles. The monoisotopic (exact) mass is 260 g/mol. The minimum Gasteiger partial charge on any atom is -0.488 e. The Hall–Kier alpha value is -1.06. The average Bonchev–Trinajstić information content (AvgIpc) is 2.77. The van der Waals surface area contributed by atoms with Gasteiger partial charge in [0, 0.05) is 19.5 Å². The van der Waals surface area contributed by atoms with Gasteiger partial charge in [-0.3, -0.25) is 4.90 Å². The highest BCUT2D eigenvalue weighted by Gasteiger charge is 2.25. The predicted molar refractivity (Wildman–Crippen MR) is 77.7 cm³/mol. The van der Waals surface area contributed by atoms with Gasteiger partial charge in [0.25, 0.3) is 0 Å². The van der Waals surface area contributed by atoms with Crippen molar-refractivity contribution in [3.05, 3.63) is 29.8 Å². The van der Waals surface area contributed by atoms with E-state index in [2.05, 4.69) is 41.4 Å². The van der Waals surface area contributed by atoms with Crippen molar-refractivity contribution in [2.24, 2.45) is 5.92 Å². The van der Waals surface area contributed by atoms with Crippen LogP contribution in [0.5, 0.6) is 5.75 Å². The molecule has 0 radical (unpaired) electrons. The molecule has 0 bridgehead atoms. The molecule has 2 unspecified atom stereocenters. The van der Waals surface area contributed by atoms with Crippen LogP contribution in [0.25, 0.3) is 0 Å². The van der Waals surface area contributed by atoms with E-state index in [-0.39, 0.29) is 0 Å². The molecule has 104 valence electrons. The van der Waals surface area contributed by atoms with Gasteiger partial charge in [0.15, 0.2) is 0 Å². The molecule has 0 saturated carbocycles. The first kappa shape index (κ1) is 12.9. The maximum Gasteiger partial charge on any atom is 0.123 e. The smallest absolute Gasteiger partial charge is 0.123 e. The number of nitrogens with zero attached hydrogens (tertiary/aromatic N) is 1. The van der Waals surface area contributed by atoms with Crippen LogP contribution < -0.4 is 10.1 Å². The fourth-order valence-corrected chi connectivity index (χ4v) is 3.18. The van der Waals surface area contributed by atoms with E-state index in [1.807, 2.05) is 0 Å². The number of benzene rings is 1. The predicted octanol–water partition coefficient (Wildman–Crippen LogP) is 1.92. The van der Waals surface area contributed by atoms with Crippen molar-refractivity contribution in [2.45, 2.75) is 25.9 Å². The Morgan fingerprint density at radius 2 is 2.26 bits per heavy atom. The number of nitrogens with one attached hydrogen (secondary N) is 1. The maximum atomic E-state index is 6.06. The Morgan fingerprint density at radius 3 is 3.16 bits per heavy atom. The number of hydrogen-bond donors (Lipinski definition) is 1. The Morgan fingerprint density at radius 1 is 1.37 bits per heavy atom. The minimum atomic E-state index is 0.344. The van der Waals surface area contributed by atoms with Gasteiger partial charge in [0.1, 0.15) is 11.9 Å². The molecule has 2 atom stereocenters. The second-order valence-electron chi connectivity index (χ2n) is 5.97. The summed E-state index contributed by atoms with van der Waals surface area (Å²) in [6, 6.07) is 8.45. The van der Waals surface area contributed by atoms with Crippen LogP contribution in [-0.2, 0) is 6.42 Å². The number of fused-ring (bicyclic) bond motifs is 1. The first-order valence-electron chi connectivity index (χ1n) is 7.49. The summed E-state index contributed by atoms with van der Waals surface area (Å²) in [5.74, 6) is 1.82. The molecule has 1 aromatic carbocycles. The van der Waals surface area contributed by atoms with Gasteiger partial charge in [-0.15, -0.1) is 0 Å². The SMILES string of the molecule is CC1CNCCCN(CC2Cc3ccccc3O2)C1. The first-order valence-corrected chi connectivity index (χ1v) is 7.49. The standard InChI is InChI=1S/C16H24N2O/c1-13-10-17-7-4-8-18(11-13)12-15-9-14-5-2-3-6-16(14)19-15/h2-3,5-6,13,15,17H,4,7-12H2,1H3. The van der Waals surface area contributed by atoms with Gasteiger partial charge in [-0.05, 0) is 43.6 Å². The highest BCUT2D eigenvalue weighted by atomic mass is 16.5. The largest absolute Gasteiger partial charge is 0.488 e. The van der Waals surface area contributed by atoms with Crippen LogP contribution in [-0.4, -0.2) is 43.7 Å². The van der Waals surface area contributed by atoms with Gasteiger partial charge in [0.05, 0.1) is 0 Å². The Kier molecular flexibility index (Phi) is 4.04. The fraction of sp³-hybridized carbons (Fsp3) is 0.625. The van der Waals surface area contributed by atoms with Gasteiger partial charge in [-0.2, -0.15) is 0 Å². The summed E-state index contributed by atoms with van der Waals surface area (Å²) in [6.07, 6.45) is 2.66. The number of hydrogen-bond acceptors (Lipinski definition) is 3. The maximum absolute atomic E-state index is 6.06. The van der Waals surface area contributed by atoms with Gasteiger partial charge in [-0.25, -0.2) is 0 Å². The first-order chi connectivity index (χ1) is 9.31. The quantitative estimate of drug-likeness (QED) is 0.879. The minimum absolute atomic E-state index is 0.344. The van der Waals surface area contributed by atoms with E-state index in [0.717, 1.165) is 37.7 Å². The van der Waals surface area contributed by atoms with E-state index in [1.165, 1.54) is 25.1 Å². The molecule has 0 spiro atoms. The zero-order valence-electron chi connectivity index (χ0n) is 11.8. The van der Waals surface area contributed by atoms with Crippen LogP contribution in [0.4, 0.5) is 0 Å². The highest BCUT2D eigenvalue weighted by Crippen LogP contribution is 2.28. The molecule has 1 aromatic rings. The van der Waals surface area contributed by atoms with Crippen LogP contribution in [0.1, 0.15) is 18.9 Å². The summed E-state index contributed by atoms with van der Waals surface area (Å²) in [7, 11) is 0. The third-order valence-electron chi connectivity index (χ3n) is 4.07. The third-order valence-corrected chi connectivity index (χ3v) is 4.07. The lowest BCUT2D eigenvalue weighted by Gasteiger charge is -2.30. The van der Waals surface area contributed by atoms with E-state index < -0.39 is 0 Å². The molecule has 3 heteroatoms. The number of para-hydroxylation sites is 1. The summed E-state index contributed by atoms with van der Waals surface area (Å²) in [6.45, 7) is 8.06. The number of ether oxygens (including phenoxy) is 1. The molecule has 2 heterocycles. The molecule has 0 amide bonds. The van der Waals surface area contributed by atoms with E-state index in [9.17, 15) is 0 Å². The van der Waals surface area contributed by atoms with Crippen molar-refractivity contribution in [3.8, 4) is 5.75 Å². The van der Waals surface area contributed by atoms with Crippen molar-refractivity contribution in [1.82, 2.24) is 10.2 Å². The zero-order valence-corrected chi connectivity index (χ0v) is 11.8. The Labute approximate surface area is 115 Å². The molecule has 1 N–H and O–H groups in total. The van der Waals surface area contributed by atoms with E-state index in [0.29, 0.717) is 6.10 Å². The van der Waals surface area contributed by atoms with E-state index >= 15 is 0 Å². The van der Waals surface area contributed by atoms with Crippen LogP contribution in [0.15, 0.2) is 24.3 Å². The molecule has 2 aliphatic rings. The summed E-state index contributed by atoms with van der Waals surface area (Å²) in [5.41, 5.74) is 1.37. The highest BCUT2D eigenvalue weighted by molar-refractivity contribution is 5.37. The van der Waals surface area contributed by atoms with Crippen LogP contribution in [0.2, 0.25) is 0 Å². The van der Waals surface area contributed by atoms with Gasteiger partial charge < -0.3 is 10.1 Å². The number of rotatable bonds is 2. The Balaban J connectivity index is 1.57. The van der Waals surface area contributed by atoms with Crippen LogP contribution in [0.3, 0.4) is 0 Å². The van der Waals surface area contributed by atoms with E-state index in [4.69, 9.17) is 4.74 Å². The second-order valence-corrected chi connectivity index (χ2v) is 5.97. The lowest BCUT2D eigenvalue weighted by atomic mass is 10.1. The van der Waals surface area contributed by atoms with Crippen LogP contribution in [0, 0.1) is 5.92 Å². The molecule has 3 nitrogen and oxygen atoms in total. The topological polar surface area (TPSA) is 24.5 Å². The summed E-state index contributed by atoms with van der Waals surface area (Å²) in [5, 5.41) is 3.51. The molecule has 19 heavy (non-hydrogen) atoms. The third kappa shape index (κ3) is 3.28. The molecule has 2 aliphatic heterocycles. The Bertz CT molecular complexity index is 396. The normalized spacial score (nSPS) is 28.3. The lowest BCUT2D eigenvalue weighted by molar-refractivity contribution is 0.131. The molecule has 0 aliphatic carbocycles. The van der Waals surface area contributed by atoms with Gasteiger partial charge >= 0.3 is 0 Å². The summed E-state index contributed by atoms with van der Waals surface area (Å²) >= 11 is 0. The summed E-state index contributed by atoms with van der Waals surface area (Å²) in [4.78, 5) is 2.59. The average molecular weight is 260 g/mol. The van der Waals surface area contributed by atoms with E-state index in [1.54, 1.807) is 0 Å².